The molecule has 0 aliphatic rings. The molecule has 0 atom stereocenters. The lowest BCUT2D eigenvalue weighted by Crippen LogP contribution is -1.88. The number of benzene rings is 2. The molecule has 0 saturated heterocycles. The number of non-ortho nitro benzene ring substituents is 1. The minimum Gasteiger partial charge on any atom is -0.258 e. The molecule has 0 aliphatic carbocycles. The third kappa shape index (κ3) is 3.34. The van der Waals surface area contributed by atoms with Gasteiger partial charge in [-0.05, 0) is 25.1 Å². The fourth-order valence-electron chi connectivity index (χ4n) is 1.45. The molecule has 0 amide bonds. The SMILES string of the molecule is Cc1ccc(Sc2cc(Br)cc([N+](=O)[O-])c2)cc1. The van der Waals surface area contributed by atoms with Crippen molar-refractivity contribution in [3.05, 3.63) is 62.6 Å². The first-order valence-corrected chi connectivity index (χ1v) is 6.85. The van der Waals surface area contributed by atoms with E-state index in [0.717, 1.165) is 9.79 Å². The second kappa shape index (κ2) is 5.54. The molecule has 0 aliphatic heterocycles. The quantitative estimate of drug-likeness (QED) is 0.601. The molecule has 18 heavy (non-hydrogen) atoms. The number of rotatable bonds is 3. The van der Waals surface area contributed by atoms with E-state index in [1.807, 2.05) is 37.3 Å². The van der Waals surface area contributed by atoms with Crippen LogP contribution in [0.3, 0.4) is 0 Å². The maximum absolute atomic E-state index is 10.8. The fourth-order valence-corrected chi connectivity index (χ4v) is 3.00. The minimum atomic E-state index is -0.385. The topological polar surface area (TPSA) is 43.1 Å². The van der Waals surface area contributed by atoms with Gasteiger partial charge in [0.15, 0.2) is 0 Å². The van der Waals surface area contributed by atoms with E-state index >= 15 is 0 Å². The van der Waals surface area contributed by atoms with Gasteiger partial charge in [0.2, 0.25) is 0 Å². The van der Waals surface area contributed by atoms with Gasteiger partial charge in [-0.1, -0.05) is 45.4 Å². The van der Waals surface area contributed by atoms with E-state index in [-0.39, 0.29) is 10.6 Å². The highest BCUT2D eigenvalue weighted by Crippen LogP contribution is 2.32. The number of hydrogen-bond donors (Lipinski definition) is 0. The van der Waals surface area contributed by atoms with Crippen molar-refractivity contribution >= 4 is 33.4 Å². The molecule has 5 heteroatoms. The first-order chi connectivity index (χ1) is 8.54. The lowest BCUT2D eigenvalue weighted by molar-refractivity contribution is -0.385. The zero-order valence-corrected chi connectivity index (χ0v) is 12.0. The highest BCUT2D eigenvalue weighted by atomic mass is 79.9. The van der Waals surface area contributed by atoms with E-state index in [4.69, 9.17) is 0 Å². The van der Waals surface area contributed by atoms with Crippen LogP contribution in [0.5, 0.6) is 0 Å². The van der Waals surface area contributed by atoms with Crippen LogP contribution in [0.4, 0.5) is 5.69 Å². The zero-order chi connectivity index (χ0) is 13.1. The summed E-state index contributed by atoms with van der Waals surface area (Å²) in [6.07, 6.45) is 0. The lowest BCUT2D eigenvalue weighted by atomic mass is 10.2. The molecule has 0 aromatic heterocycles. The first-order valence-electron chi connectivity index (χ1n) is 5.24. The van der Waals surface area contributed by atoms with Gasteiger partial charge in [0.1, 0.15) is 0 Å². The Morgan fingerprint density at radius 2 is 1.78 bits per heavy atom. The van der Waals surface area contributed by atoms with Crippen molar-refractivity contribution in [2.24, 2.45) is 0 Å². The molecule has 0 heterocycles. The van der Waals surface area contributed by atoms with Gasteiger partial charge in [-0.15, -0.1) is 0 Å². The Labute approximate surface area is 117 Å². The van der Waals surface area contributed by atoms with Gasteiger partial charge in [-0.2, -0.15) is 0 Å². The molecule has 0 N–H and O–H groups in total. The van der Waals surface area contributed by atoms with Crippen LogP contribution in [0.2, 0.25) is 0 Å². The summed E-state index contributed by atoms with van der Waals surface area (Å²) in [6.45, 7) is 2.03. The molecule has 0 saturated carbocycles. The summed E-state index contributed by atoms with van der Waals surface area (Å²) in [5, 5.41) is 10.8. The predicted octanol–water partition coefficient (Wildman–Crippen LogP) is 4.82. The summed E-state index contributed by atoms with van der Waals surface area (Å²) in [6, 6.07) is 13.0. The van der Waals surface area contributed by atoms with E-state index in [9.17, 15) is 10.1 Å². The molecule has 2 rings (SSSR count). The molecule has 3 nitrogen and oxygen atoms in total. The number of nitrogens with zero attached hydrogens (tertiary/aromatic N) is 1. The minimum absolute atomic E-state index is 0.0963. The largest absolute Gasteiger partial charge is 0.271 e. The van der Waals surface area contributed by atoms with Crippen LogP contribution in [0.1, 0.15) is 5.56 Å². The Morgan fingerprint density at radius 1 is 1.11 bits per heavy atom. The number of halogens is 1. The molecule has 92 valence electrons. The van der Waals surface area contributed by atoms with Crippen LogP contribution in [-0.4, -0.2) is 4.92 Å². The molecular formula is C13H10BrNO2S. The number of nitro benzene ring substituents is 1. The summed E-state index contributed by atoms with van der Waals surface area (Å²) in [5.41, 5.74) is 1.29. The van der Waals surface area contributed by atoms with E-state index in [1.54, 1.807) is 6.07 Å². The monoisotopic (exact) mass is 323 g/mol. The van der Waals surface area contributed by atoms with Crippen molar-refractivity contribution in [2.75, 3.05) is 0 Å². The van der Waals surface area contributed by atoms with Gasteiger partial charge in [0.25, 0.3) is 5.69 Å². The zero-order valence-electron chi connectivity index (χ0n) is 9.59. The van der Waals surface area contributed by atoms with Gasteiger partial charge in [0, 0.05) is 26.4 Å². The highest BCUT2D eigenvalue weighted by molar-refractivity contribution is 9.10. The van der Waals surface area contributed by atoms with Gasteiger partial charge in [-0.25, -0.2) is 0 Å². The van der Waals surface area contributed by atoms with Gasteiger partial charge >= 0.3 is 0 Å². The van der Waals surface area contributed by atoms with Gasteiger partial charge in [0.05, 0.1) is 4.92 Å². The Bertz CT molecular complexity index is 584. The van der Waals surface area contributed by atoms with Crippen LogP contribution in [-0.2, 0) is 0 Å². The maximum Gasteiger partial charge on any atom is 0.271 e. The Hall–Kier alpha value is -1.33. The third-order valence-corrected chi connectivity index (χ3v) is 3.76. The van der Waals surface area contributed by atoms with Crippen molar-refractivity contribution < 1.29 is 4.92 Å². The molecule has 0 unspecified atom stereocenters. The van der Waals surface area contributed by atoms with Crippen LogP contribution >= 0.6 is 27.7 Å². The number of aryl methyl sites for hydroxylation is 1. The van der Waals surface area contributed by atoms with Crippen LogP contribution in [0.25, 0.3) is 0 Å². The van der Waals surface area contributed by atoms with Crippen molar-refractivity contribution in [2.45, 2.75) is 16.7 Å². The average Bonchev–Trinajstić information content (AvgIpc) is 2.31. The van der Waals surface area contributed by atoms with Crippen molar-refractivity contribution in [1.29, 1.82) is 0 Å². The van der Waals surface area contributed by atoms with E-state index in [0.29, 0.717) is 4.47 Å². The van der Waals surface area contributed by atoms with Crippen LogP contribution in [0.15, 0.2) is 56.7 Å². The normalized spacial score (nSPS) is 10.3. The molecule has 0 bridgehead atoms. The summed E-state index contributed by atoms with van der Waals surface area (Å²) in [7, 11) is 0. The Kier molecular flexibility index (Phi) is 4.04. The van der Waals surface area contributed by atoms with E-state index in [1.165, 1.54) is 23.4 Å². The molecule has 2 aromatic carbocycles. The lowest BCUT2D eigenvalue weighted by Gasteiger charge is -2.03. The van der Waals surface area contributed by atoms with Crippen molar-refractivity contribution in [3.8, 4) is 0 Å². The van der Waals surface area contributed by atoms with Gasteiger partial charge in [-0.3, -0.25) is 10.1 Å². The highest BCUT2D eigenvalue weighted by Gasteiger charge is 2.09. The maximum atomic E-state index is 10.8. The second-order valence-corrected chi connectivity index (χ2v) is 5.88. The molecule has 0 radical (unpaired) electrons. The summed E-state index contributed by atoms with van der Waals surface area (Å²) >= 11 is 4.80. The van der Waals surface area contributed by atoms with Gasteiger partial charge < -0.3 is 0 Å². The summed E-state index contributed by atoms with van der Waals surface area (Å²) in [4.78, 5) is 12.3. The fraction of sp³-hybridized carbons (Fsp3) is 0.0769. The van der Waals surface area contributed by atoms with E-state index < -0.39 is 0 Å². The first kappa shape index (κ1) is 13.1. The molecular weight excluding hydrogens is 314 g/mol. The Balaban J connectivity index is 2.28. The van der Waals surface area contributed by atoms with Crippen molar-refractivity contribution in [1.82, 2.24) is 0 Å². The third-order valence-electron chi connectivity index (χ3n) is 2.32. The van der Waals surface area contributed by atoms with Crippen LogP contribution in [0, 0.1) is 17.0 Å². The summed E-state index contributed by atoms with van der Waals surface area (Å²) in [5.74, 6) is 0. The number of hydrogen-bond acceptors (Lipinski definition) is 3. The standard InChI is InChI=1S/C13H10BrNO2S/c1-9-2-4-12(5-3-9)18-13-7-10(14)6-11(8-13)15(16)17/h2-8H,1H3. The predicted molar refractivity (Wildman–Crippen MR) is 76.1 cm³/mol. The van der Waals surface area contributed by atoms with E-state index in [2.05, 4.69) is 15.9 Å². The Morgan fingerprint density at radius 3 is 2.39 bits per heavy atom. The average molecular weight is 324 g/mol. The second-order valence-electron chi connectivity index (χ2n) is 3.82. The molecule has 0 spiro atoms. The summed E-state index contributed by atoms with van der Waals surface area (Å²) < 4.78 is 0.714. The van der Waals surface area contributed by atoms with Crippen LogP contribution < -0.4 is 0 Å². The number of nitro groups is 1. The molecule has 0 fully saturated rings. The van der Waals surface area contributed by atoms with Crippen molar-refractivity contribution in [3.63, 3.8) is 0 Å². The smallest absolute Gasteiger partial charge is 0.258 e. The molecule has 2 aromatic rings.